The third-order valence-electron chi connectivity index (χ3n) is 2.68. The molecule has 1 atom stereocenters. The van der Waals surface area contributed by atoms with Gasteiger partial charge in [0.05, 0.1) is 6.61 Å². The molecule has 1 saturated heterocycles. The first-order valence-electron chi connectivity index (χ1n) is 5.55. The average Bonchev–Trinajstić information content (AvgIpc) is 2.32. The molecule has 1 aliphatic heterocycles. The van der Waals surface area contributed by atoms with Crippen LogP contribution in [0.2, 0.25) is 0 Å². The molecule has 1 N–H and O–H groups in total. The van der Waals surface area contributed by atoms with Gasteiger partial charge in [0.25, 0.3) is 5.91 Å². The van der Waals surface area contributed by atoms with Gasteiger partial charge in [-0.3, -0.25) is 4.79 Å². The minimum Gasteiger partial charge on any atom is -0.365 e. The second-order valence-corrected chi connectivity index (χ2v) is 4.80. The first-order valence-corrected chi connectivity index (χ1v) is 6.35. The Hall–Kier alpha value is -0.910. The van der Waals surface area contributed by atoms with E-state index in [0.717, 1.165) is 10.2 Å². The number of morpholine rings is 1. The lowest BCUT2D eigenvalue weighted by Gasteiger charge is -2.32. The van der Waals surface area contributed by atoms with Crippen molar-refractivity contribution in [3.63, 3.8) is 0 Å². The van der Waals surface area contributed by atoms with Gasteiger partial charge in [0.2, 0.25) is 0 Å². The van der Waals surface area contributed by atoms with Gasteiger partial charge in [-0.15, -0.1) is 0 Å². The van der Waals surface area contributed by atoms with Crippen molar-refractivity contribution in [2.24, 2.45) is 0 Å². The zero-order valence-corrected chi connectivity index (χ0v) is 11.2. The Morgan fingerprint density at radius 1 is 1.59 bits per heavy atom. The first kappa shape index (κ1) is 12.5. The molecule has 1 unspecified atom stereocenters. The summed E-state index contributed by atoms with van der Waals surface area (Å²) in [6, 6.07) is 7.75. The van der Waals surface area contributed by atoms with Gasteiger partial charge in [-0.1, -0.05) is 22.0 Å². The Bertz CT molecular complexity index is 409. The fourth-order valence-electron chi connectivity index (χ4n) is 1.87. The molecule has 1 aromatic rings. The number of rotatable bonds is 3. The van der Waals surface area contributed by atoms with E-state index in [9.17, 15) is 4.79 Å². The summed E-state index contributed by atoms with van der Waals surface area (Å²) < 4.78 is 6.42. The number of carbonyl (C=O) groups excluding carboxylic acids is 1. The predicted octanol–water partition coefficient (Wildman–Crippen LogP) is 1.40. The van der Waals surface area contributed by atoms with Crippen LogP contribution in [0.4, 0.5) is 5.69 Å². The number of benzene rings is 1. The lowest BCUT2D eigenvalue weighted by molar-refractivity contribution is -0.133. The van der Waals surface area contributed by atoms with E-state index in [-0.39, 0.29) is 12.0 Å². The molecule has 0 bridgehead atoms. The summed E-state index contributed by atoms with van der Waals surface area (Å²) >= 11 is 3.41. The lowest BCUT2D eigenvalue weighted by atomic mass is 10.2. The molecule has 0 aromatic heterocycles. The summed E-state index contributed by atoms with van der Waals surface area (Å²) in [5, 5.41) is 2.97. The van der Waals surface area contributed by atoms with E-state index in [1.165, 1.54) is 0 Å². The minimum atomic E-state index is -0.382. The van der Waals surface area contributed by atoms with Crippen molar-refractivity contribution in [3.8, 4) is 0 Å². The standard InChI is InChI=1S/C12H15BrN2O2/c1-14-8-11-12(16)15(5-6-17-11)10-4-2-3-9(13)7-10/h2-4,7,11,14H,5-6,8H2,1H3. The number of hydrogen-bond acceptors (Lipinski definition) is 3. The molecule has 1 fully saturated rings. The smallest absolute Gasteiger partial charge is 0.257 e. The molecule has 0 aliphatic carbocycles. The topological polar surface area (TPSA) is 41.6 Å². The van der Waals surface area contributed by atoms with Crippen molar-refractivity contribution in [3.05, 3.63) is 28.7 Å². The summed E-state index contributed by atoms with van der Waals surface area (Å²) in [4.78, 5) is 13.9. The predicted molar refractivity (Wildman–Crippen MR) is 70.2 cm³/mol. The lowest BCUT2D eigenvalue weighted by Crippen LogP contribution is -2.51. The molecule has 0 saturated carbocycles. The van der Waals surface area contributed by atoms with Gasteiger partial charge in [0.1, 0.15) is 6.10 Å². The summed E-state index contributed by atoms with van der Waals surface area (Å²) in [6.45, 7) is 1.73. The van der Waals surface area contributed by atoms with Gasteiger partial charge in [0.15, 0.2) is 0 Å². The highest BCUT2D eigenvalue weighted by atomic mass is 79.9. The number of anilines is 1. The Morgan fingerprint density at radius 3 is 3.12 bits per heavy atom. The number of likely N-dealkylation sites (N-methyl/N-ethyl adjacent to an activating group) is 1. The Morgan fingerprint density at radius 2 is 2.41 bits per heavy atom. The first-order chi connectivity index (χ1) is 8.22. The van der Waals surface area contributed by atoms with Crippen molar-refractivity contribution in [2.45, 2.75) is 6.10 Å². The molecular weight excluding hydrogens is 284 g/mol. The molecule has 1 heterocycles. The molecule has 1 aromatic carbocycles. The summed E-state index contributed by atoms with van der Waals surface area (Å²) in [6.07, 6.45) is -0.382. The van der Waals surface area contributed by atoms with Crippen LogP contribution < -0.4 is 10.2 Å². The number of halogens is 1. The van der Waals surface area contributed by atoms with Gasteiger partial charge >= 0.3 is 0 Å². The molecule has 0 spiro atoms. The van der Waals surface area contributed by atoms with Crippen LogP contribution in [0.1, 0.15) is 0 Å². The van der Waals surface area contributed by atoms with E-state index in [2.05, 4.69) is 21.2 Å². The normalized spacial score (nSPS) is 20.7. The zero-order chi connectivity index (χ0) is 12.3. The fourth-order valence-corrected chi connectivity index (χ4v) is 2.26. The maximum atomic E-state index is 12.2. The molecule has 5 heteroatoms. The van der Waals surface area contributed by atoms with Gasteiger partial charge in [0, 0.05) is 23.2 Å². The Kier molecular flexibility index (Phi) is 4.15. The second kappa shape index (κ2) is 5.62. The number of nitrogens with zero attached hydrogens (tertiary/aromatic N) is 1. The van der Waals surface area contributed by atoms with Crippen LogP contribution in [0.25, 0.3) is 0 Å². The summed E-state index contributed by atoms with van der Waals surface area (Å²) in [7, 11) is 1.81. The van der Waals surface area contributed by atoms with E-state index in [1.54, 1.807) is 4.90 Å². The van der Waals surface area contributed by atoms with Gasteiger partial charge in [-0.25, -0.2) is 0 Å². The third-order valence-corrected chi connectivity index (χ3v) is 3.18. The molecular formula is C12H15BrN2O2. The van der Waals surface area contributed by atoms with Crippen molar-refractivity contribution >= 4 is 27.5 Å². The maximum Gasteiger partial charge on any atom is 0.257 e. The second-order valence-electron chi connectivity index (χ2n) is 3.89. The SMILES string of the molecule is CNCC1OCCN(c2cccc(Br)c2)C1=O. The Labute approximate surface area is 109 Å². The highest BCUT2D eigenvalue weighted by Crippen LogP contribution is 2.22. The average molecular weight is 299 g/mol. The maximum absolute atomic E-state index is 12.2. The number of amides is 1. The highest BCUT2D eigenvalue weighted by molar-refractivity contribution is 9.10. The van der Waals surface area contributed by atoms with Crippen molar-refractivity contribution in [1.29, 1.82) is 0 Å². The number of nitrogens with one attached hydrogen (secondary N) is 1. The Balaban J connectivity index is 2.17. The van der Waals surface area contributed by atoms with Crippen molar-refractivity contribution in [2.75, 3.05) is 31.6 Å². The number of hydrogen-bond donors (Lipinski definition) is 1. The minimum absolute atomic E-state index is 0.0173. The largest absolute Gasteiger partial charge is 0.365 e. The molecule has 2 rings (SSSR count). The van der Waals surface area contributed by atoms with E-state index < -0.39 is 0 Å². The van der Waals surface area contributed by atoms with Crippen molar-refractivity contribution < 1.29 is 9.53 Å². The quantitative estimate of drug-likeness (QED) is 0.917. The van der Waals surface area contributed by atoms with E-state index in [4.69, 9.17) is 4.74 Å². The highest BCUT2D eigenvalue weighted by Gasteiger charge is 2.29. The van der Waals surface area contributed by atoms with Crippen LogP contribution in [-0.4, -0.2) is 38.8 Å². The molecule has 0 radical (unpaired) electrons. The van der Waals surface area contributed by atoms with Gasteiger partial charge < -0.3 is 15.0 Å². The van der Waals surface area contributed by atoms with Crippen LogP contribution in [-0.2, 0) is 9.53 Å². The fraction of sp³-hybridized carbons (Fsp3) is 0.417. The molecule has 17 heavy (non-hydrogen) atoms. The van der Waals surface area contributed by atoms with Gasteiger partial charge in [-0.2, -0.15) is 0 Å². The molecule has 1 aliphatic rings. The van der Waals surface area contributed by atoms with Gasteiger partial charge in [-0.05, 0) is 25.2 Å². The molecule has 4 nitrogen and oxygen atoms in total. The third kappa shape index (κ3) is 2.86. The van der Waals surface area contributed by atoms with E-state index in [0.29, 0.717) is 19.7 Å². The summed E-state index contributed by atoms with van der Waals surface area (Å²) in [5.74, 6) is 0.0173. The molecule has 1 amide bonds. The van der Waals surface area contributed by atoms with Crippen LogP contribution in [0.3, 0.4) is 0 Å². The monoisotopic (exact) mass is 298 g/mol. The van der Waals surface area contributed by atoms with Crippen LogP contribution in [0, 0.1) is 0 Å². The number of ether oxygens (including phenoxy) is 1. The zero-order valence-electron chi connectivity index (χ0n) is 9.65. The summed E-state index contributed by atoms with van der Waals surface area (Å²) in [5.41, 5.74) is 0.911. The van der Waals surface area contributed by atoms with Crippen LogP contribution in [0.15, 0.2) is 28.7 Å². The molecule has 92 valence electrons. The van der Waals surface area contributed by atoms with E-state index in [1.807, 2.05) is 31.3 Å². The number of carbonyl (C=O) groups is 1. The van der Waals surface area contributed by atoms with E-state index >= 15 is 0 Å². The van der Waals surface area contributed by atoms with Crippen molar-refractivity contribution in [1.82, 2.24) is 5.32 Å². The van der Waals surface area contributed by atoms with Crippen LogP contribution in [0.5, 0.6) is 0 Å². The van der Waals surface area contributed by atoms with Crippen LogP contribution >= 0.6 is 15.9 Å².